The molecule has 0 atom stereocenters. The molecule has 0 saturated carbocycles. The fourth-order valence-electron chi connectivity index (χ4n) is 2.21. The van der Waals surface area contributed by atoms with Crippen molar-refractivity contribution in [3.8, 4) is 0 Å². The van der Waals surface area contributed by atoms with Gasteiger partial charge in [0.15, 0.2) is 0 Å². The maximum Gasteiger partial charge on any atom is 2.00 e. The molecule has 1 rings (SSSR count). The Balaban J connectivity index is 0.00000529. The van der Waals surface area contributed by atoms with Crippen molar-refractivity contribution in [1.29, 1.82) is 0 Å². The molecule has 5 heteroatoms. The molecule has 0 spiro atoms. The van der Waals surface area contributed by atoms with Crippen LogP contribution in [-0.2, 0) is 24.3 Å². The maximum atomic E-state index is 9.62. The van der Waals surface area contributed by atoms with Crippen LogP contribution >= 0.6 is 11.8 Å². The summed E-state index contributed by atoms with van der Waals surface area (Å²) in [5.74, 6) is 0. The normalized spacial score (nSPS) is 11.4. The molecule has 0 fully saturated rings. The topological polar surface area (TPSA) is 55.5 Å². The molecule has 0 radical (unpaired) electrons. The number of benzene rings is 1. The van der Waals surface area contributed by atoms with Crippen LogP contribution < -0.4 is 5.73 Å². The van der Waals surface area contributed by atoms with Crippen LogP contribution in [0.1, 0.15) is 49.4 Å². The molecule has 3 N–H and O–H groups in total. The number of aliphatic hydroxyl groups excluding tert-OH is 1. The molecule has 0 aromatic heterocycles. The van der Waals surface area contributed by atoms with Gasteiger partial charge in [0.2, 0.25) is 0 Å². The van der Waals surface area contributed by atoms with Gasteiger partial charge in [0, 0.05) is 13.2 Å². The fraction of sp³-hybridized carbons (Fsp3) is 0.421. The smallest absolute Gasteiger partial charge is 0.486 e. The largest absolute Gasteiger partial charge is 2.00 e. The van der Waals surface area contributed by atoms with E-state index in [-0.39, 0.29) is 43.8 Å². The quantitative estimate of drug-likeness (QED) is 0.345. The maximum absolute atomic E-state index is 9.62. The number of allylic oxidation sites excluding steroid dienone is 1. The summed E-state index contributed by atoms with van der Waals surface area (Å²) in [6.07, 6.45) is 3.54. The second-order valence-electron chi connectivity index (χ2n) is 5.43. The molecule has 0 unspecified atom stereocenters. The SMILES string of the molecule is C=C(S/C(=C\C)OC(C)C)c1[c-]c(CC[CH2-])c(CO)c(CN)c1.[U+2]. The molecule has 3 nitrogen and oxygen atoms in total. The fourth-order valence-corrected chi connectivity index (χ4v) is 3.03. The van der Waals surface area contributed by atoms with E-state index in [1.165, 1.54) is 11.8 Å². The summed E-state index contributed by atoms with van der Waals surface area (Å²) in [5.41, 5.74) is 9.49. The Hall–Kier alpha value is -0.178. The summed E-state index contributed by atoms with van der Waals surface area (Å²) in [6, 6.07) is 5.32. The van der Waals surface area contributed by atoms with Crippen molar-refractivity contribution in [1.82, 2.24) is 0 Å². The number of ether oxygens (including phenoxy) is 1. The van der Waals surface area contributed by atoms with Gasteiger partial charge in [-0.05, 0) is 26.8 Å². The second kappa shape index (κ2) is 12.2. The molecule has 0 aliphatic rings. The van der Waals surface area contributed by atoms with Gasteiger partial charge in [-0.1, -0.05) is 16.9 Å². The first-order valence-corrected chi connectivity index (χ1v) is 8.65. The van der Waals surface area contributed by atoms with Crippen LogP contribution in [0.5, 0.6) is 0 Å². The van der Waals surface area contributed by atoms with E-state index >= 15 is 0 Å². The number of aryl methyl sites for hydroxylation is 1. The summed E-state index contributed by atoms with van der Waals surface area (Å²) in [5, 5.41) is 10.4. The minimum Gasteiger partial charge on any atom is -0.486 e. The minimum atomic E-state index is -0.0329. The monoisotopic (exact) mass is 571 g/mol. The van der Waals surface area contributed by atoms with E-state index in [1.54, 1.807) is 0 Å². The zero-order chi connectivity index (χ0) is 17.4. The first-order valence-electron chi connectivity index (χ1n) is 7.83. The van der Waals surface area contributed by atoms with E-state index in [1.807, 2.05) is 32.9 Å². The molecule has 0 amide bonds. The van der Waals surface area contributed by atoms with E-state index in [0.29, 0.717) is 6.54 Å². The predicted octanol–water partition coefficient (Wildman–Crippen LogP) is 4.19. The average molecular weight is 572 g/mol. The molecule has 0 saturated heterocycles. The van der Waals surface area contributed by atoms with Gasteiger partial charge in [-0.25, -0.2) is 0 Å². The molecule has 24 heavy (non-hydrogen) atoms. The summed E-state index contributed by atoms with van der Waals surface area (Å²) < 4.78 is 5.75. The zero-order valence-corrected chi connectivity index (χ0v) is 19.8. The average Bonchev–Trinajstić information content (AvgIpc) is 2.53. The van der Waals surface area contributed by atoms with Gasteiger partial charge in [-0.15, -0.1) is 47.2 Å². The number of hydrogen-bond acceptors (Lipinski definition) is 4. The van der Waals surface area contributed by atoms with Gasteiger partial charge < -0.3 is 22.5 Å². The summed E-state index contributed by atoms with van der Waals surface area (Å²) >= 11 is 1.48. The third kappa shape index (κ3) is 6.98. The van der Waals surface area contributed by atoms with Crippen molar-refractivity contribution in [3.05, 3.63) is 59.1 Å². The Morgan fingerprint density at radius 1 is 1.54 bits per heavy atom. The van der Waals surface area contributed by atoms with Crippen molar-refractivity contribution in [2.75, 3.05) is 0 Å². The molecule has 1 aromatic carbocycles. The predicted molar refractivity (Wildman–Crippen MR) is 99.4 cm³/mol. The van der Waals surface area contributed by atoms with Gasteiger partial charge >= 0.3 is 31.1 Å². The number of nitrogens with two attached hydrogens (primary N) is 1. The summed E-state index contributed by atoms with van der Waals surface area (Å²) in [7, 11) is 0. The molecule has 0 aliphatic heterocycles. The number of aliphatic hydroxyl groups is 1. The van der Waals surface area contributed by atoms with E-state index < -0.39 is 0 Å². The minimum absolute atomic E-state index is 0. The second-order valence-corrected chi connectivity index (χ2v) is 6.53. The molecular formula is C19H27NO2SU. The third-order valence-corrected chi connectivity index (χ3v) is 4.27. The van der Waals surface area contributed by atoms with Gasteiger partial charge in [-0.3, -0.25) is 0 Å². The van der Waals surface area contributed by atoms with Gasteiger partial charge in [0.1, 0.15) is 5.09 Å². The first-order chi connectivity index (χ1) is 11.0. The van der Waals surface area contributed by atoms with Crippen LogP contribution in [-0.4, -0.2) is 11.2 Å². The standard InChI is InChI=1S/C19H27NO2S.U/c1-6-8-15-9-16(10-17(11-20)18(15)12-21)14(5)23-19(7-2)22-13(3)4;/h7,10,13,21H,1,5-6,8,11-12,20H2,2-4H3;/q-2;+2/b19-7-;. The van der Waals surface area contributed by atoms with Crippen molar-refractivity contribution < 1.29 is 41.0 Å². The van der Waals surface area contributed by atoms with Crippen LogP contribution in [0, 0.1) is 44.1 Å². The molecule has 1 aromatic rings. The van der Waals surface area contributed by atoms with Gasteiger partial charge in [0.05, 0.1) is 6.10 Å². The van der Waals surface area contributed by atoms with E-state index in [9.17, 15) is 5.11 Å². The van der Waals surface area contributed by atoms with Crippen LogP contribution in [0.3, 0.4) is 0 Å². The Kier molecular flexibility index (Phi) is 12.1. The Labute approximate surface area is 174 Å². The van der Waals surface area contributed by atoms with Crippen molar-refractivity contribution in [3.63, 3.8) is 0 Å². The van der Waals surface area contributed by atoms with E-state index in [0.717, 1.165) is 45.1 Å². The first kappa shape index (κ1) is 23.8. The Bertz CT molecular complexity index is 571. The summed E-state index contributed by atoms with van der Waals surface area (Å²) in [6.45, 7) is 14.3. The van der Waals surface area contributed by atoms with Crippen molar-refractivity contribution >= 4 is 16.7 Å². The van der Waals surface area contributed by atoms with Crippen molar-refractivity contribution in [2.24, 2.45) is 5.73 Å². The van der Waals surface area contributed by atoms with E-state index in [2.05, 4.69) is 19.6 Å². The van der Waals surface area contributed by atoms with E-state index in [4.69, 9.17) is 10.5 Å². The van der Waals surface area contributed by atoms with Crippen LogP contribution in [0.15, 0.2) is 23.8 Å². The third-order valence-electron chi connectivity index (χ3n) is 3.27. The Morgan fingerprint density at radius 3 is 2.67 bits per heavy atom. The number of thioether (sulfide) groups is 1. The zero-order valence-electron chi connectivity index (χ0n) is 14.8. The van der Waals surface area contributed by atoms with Crippen LogP contribution in [0.2, 0.25) is 0 Å². The van der Waals surface area contributed by atoms with Crippen LogP contribution in [0.4, 0.5) is 0 Å². The van der Waals surface area contributed by atoms with Gasteiger partial charge in [-0.2, -0.15) is 6.42 Å². The molecule has 130 valence electrons. The van der Waals surface area contributed by atoms with Crippen molar-refractivity contribution in [2.45, 2.75) is 52.9 Å². The molecular weight excluding hydrogens is 544 g/mol. The van der Waals surface area contributed by atoms with Gasteiger partial charge in [0.25, 0.3) is 0 Å². The number of rotatable bonds is 9. The van der Waals surface area contributed by atoms with Crippen LogP contribution in [0.25, 0.3) is 4.91 Å². The summed E-state index contributed by atoms with van der Waals surface area (Å²) in [4.78, 5) is 0.850. The molecule has 0 bridgehead atoms. The molecule has 0 aliphatic carbocycles. The Morgan fingerprint density at radius 2 is 2.21 bits per heavy atom. The molecule has 0 heterocycles. The number of hydrogen-bond donors (Lipinski definition) is 2.